The molecule has 1 fully saturated rings. The Hall–Kier alpha value is -1.13. The van der Waals surface area contributed by atoms with E-state index in [0.29, 0.717) is 0 Å². The smallest absolute Gasteiger partial charge is 0.134 e. The Kier molecular flexibility index (Phi) is 3.58. The number of morpholine rings is 1. The van der Waals surface area contributed by atoms with Crippen LogP contribution in [0, 0.1) is 0 Å². The zero-order chi connectivity index (χ0) is 14.3. The first-order valence-electron chi connectivity index (χ1n) is 6.78. The molecule has 1 aliphatic heterocycles. The third-order valence-corrected chi connectivity index (χ3v) is 3.26. The molecule has 0 bridgehead atoms. The fraction of sp³-hybridized carbons (Fsp3) is 0.667. The molecule has 1 aromatic rings. The van der Waals surface area contributed by atoms with E-state index in [4.69, 9.17) is 4.74 Å². The van der Waals surface area contributed by atoms with Crippen LogP contribution in [-0.4, -0.2) is 34.4 Å². The first-order valence-corrected chi connectivity index (χ1v) is 6.78. The Labute approximate surface area is 115 Å². The van der Waals surface area contributed by atoms with Gasteiger partial charge in [0.25, 0.3) is 0 Å². The highest BCUT2D eigenvalue weighted by Crippen LogP contribution is 2.33. The van der Waals surface area contributed by atoms with Crippen molar-refractivity contribution in [1.29, 1.82) is 0 Å². The summed E-state index contributed by atoms with van der Waals surface area (Å²) in [6, 6.07) is 3.80. The van der Waals surface area contributed by atoms with Gasteiger partial charge in [0, 0.05) is 24.8 Å². The first kappa shape index (κ1) is 14.3. The summed E-state index contributed by atoms with van der Waals surface area (Å²) in [5.41, 5.74) is 0.417. The molecule has 4 nitrogen and oxygen atoms in total. The van der Waals surface area contributed by atoms with Gasteiger partial charge in [-0.3, -0.25) is 0 Å². The topological polar surface area (TPSA) is 45.6 Å². The Balaban J connectivity index is 2.36. The van der Waals surface area contributed by atoms with E-state index in [9.17, 15) is 5.11 Å². The van der Waals surface area contributed by atoms with E-state index in [1.165, 1.54) is 0 Å². The maximum atomic E-state index is 9.90. The van der Waals surface area contributed by atoms with Crippen LogP contribution in [0.1, 0.15) is 46.3 Å². The number of hydrogen-bond acceptors (Lipinski definition) is 4. The Morgan fingerprint density at radius 1 is 1.26 bits per heavy atom. The minimum Gasteiger partial charge on any atom is -0.389 e. The molecular weight excluding hydrogens is 240 g/mol. The van der Waals surface area contributed by atoms with Gasteiger partial charge < -0.3 is 14.7 Å². The van der Waals surface area contributed by atoms with Crippen LogP contribution in [0.2, 0.25) is 0 Å². The molecule has 2 heterocycles. The molecule has 1 atom stereocenters. The van der Waals surface area contributed by atoms with Gasteiger partial charge in [-0.05, 0) is 40.7 Å². The van der Waals surface area contributed by atoms with E-state index in [2.05, 4.69) is 37.6 Å². The third kappa shape index (κ3) is 3.25. The molecule has 0 unspecified atom stereocenters. The number of hydrogen-bond donors (Lipinski definition) is 1. The summed E-state index contributed by atoms with van der Waals surface area (Å²) in [7, 11) is 0. The predicted molar refractivity (Wildman–Crippen MR) is 76.3 cm³/mol. The van der Waals surface area contributed by atoms with Gasteiger partial charge >= 0.3 is 0 Å². The molecular formula is C15H24N2O2. The molecule has 4 heteroatoms. The van der Waals surface area contributed by atoms with Gasteiger partial charge in [-0.2, -0.15) is 0 Å². The van der Waals surface area contributed by atoms with Crippen LogP contribution in [0.3, 0.4) is 0 Å². The fourth-order valence-electron chi connectivity index (χ4n) is 2.94. The van der Waals surface area contributed by atoms with Crippen molar-refractivity contribution < 1.29 is 9.84 Å². The van der Waals surface area contributed by atoms with Crippen LogP contribution in [0.15, 0.2) is 18.3 Å². The highest BCUT2D eigenvalue weighted by Gasteiger charge is 2.39. The lowest BCUT2D eigenvalue weighted by Crippen LogP contribution is -2.57. The monoisotopic (exact) mass is 264 g/mol. The Bertz CT molecular complexity index is 439. The summed E-state index contributed by atoms with van der Waals surface area (Å²) in [6.07, 6.45) is 1.26. The number of rotatable bonds is 2. The van der Waals surface area contributed by atoms with E-state index in [1.807, 2.05) is 12.1 Å². The van der Waals surface area contributed by atoms with Crippen molar-refractivity contribution in [2.45, 2.75) is 51.9 Å². The molecule has 0 spiro atoms. The van der Waals surface area contributed by atoms with Crippen molar-refractivity contribution in [2.75, 3.05) is 18.0 Å². The molecule has 2 rings (SSSR count). The first-order chi connectivity index (χ1) is 8.70. The number of ether oxygens (including phenoxy) is 1. The normalized spacial score (nSPS) is 23.2. The fourth-order valence-corrected chi connectivity index (χ4v) is 2.94. The molecule has 0 radical (unpaired) electrons. The minimum atomic E-state index is -0.516. The van der Waals surface area contributed by atoms with Gasteiger partial charge in [0.1, 0.15) is 5.82 Å². The van der Waals surface area contributed by atoms with Crippen LogP contribution < -0.4 is 4.90 Å². The number of nitrogens with zero attached hydrogens (tertiary/aromatic N) is 2. The molecule has 1 N–H and O–H groups in total. The zero-order valence-electron chi connectivity index (χ0n) is 12.5. The summed E-state index contributed by atoms with van der Waals surface area (Å²) in [4.78, 5) is 6.68. The maximum Gasteiger partial charge on any atom is 0.134 e. The summed E-state index contributed by atoms with van der Waals surface area (Å²) in [6.45, 7) is 11.7. The average molecular weight is 264 g/mol. The molecule has 0 aliphatic carbocycles. The second kappa shape index (κ2) is 4.76. The number of aliphatic hydroxyl groups is 1. The van der Waals surface area contributed by atoms with Crippen LogP contribution in [0.4, 0.5) is 5.82 Å². The van der Waals surface area contributed by atoms with Gasteiger partial charge in [0.15, 0.2) is 0 Å². The molecule has 1 aromatic heterocycles. The number of anilines is 1. The van der Waals surface area contributed by atoms with Gasteiger partial charge in [-0.25, -0.2) is 4.98 Å². The number of pyridine rings is 1. The van der Waals surface area contributed by atoms with Crippen molar-refractivity contribution in [2.24, 2.45) is 0 Å². The summed E-state index contributed by atoms with van der Waals surface area (Å²) in [5.74, 6) is 0.863. The summed E-state index contributed by atoms with van der Waals surface area (Å²) >= 11 is 0. The van der Waals surface area contributed by atoms with E-state index < -0.39 is 6.10 Å². The minimum absolute atomic E-state index is 0.227. The summed E-state index contributed by atoms with van der Waals surface area (Å²) in [5, 5.41) is 9.90. The maximum absolute atomic E-state index is 9.90. The Morgan fingerprint density at radius 3 is 2.37 bits per heavy atom. The molecule has 1 saturated heterocycles. The van der Waals surface area contributed by atoms with Crippen molar-refractivity contribution in [3.05, 3.63) is 23.9 Å². The second-order valence-corrected chi connectivity index (χ2v) is 6.57. The van der Waals surface area contributed by atoms with Gasteiger partial charge in [0.2, 0.25) is 0 Å². The predicted octanol–water partition coefficient (Wildman–Crippen LogP) is 2.53. The Morgan fingerprint density at radius 2 is 1.84 bits per heavy atom. The molecule has 0 aromatic carbocycles. The van der Waals surface area contributed by atoms with Crippen LogP contribution >= 0.6 is 0 Å². The standard InChI is InChI=1S/C15H24N2O2/c1-11(18)12-7-6-8-16-13(12)17-9-14(2,3)19-15(4,5)10-17/h6-8,11,18H,9-10H2,1-5H3/t11-/m1/s1. The quantitative estimate of drug-likeness (QED) is 0.891. The van der Waals surface area contributed by atoms with Crippen molar-refractivity contribution >= 4 is 5.82 Å². The number of aliphatic hydroxyl groups excluding tert-OH is 1. The van der Waals surface area contributed by atoms with E-state index in [-0.39, 0.29) is 11.2 Å². The molecule has 0 amide bonds. The lowest BCUT2D eigenvalue weighted by atomic mass is 9.98. The second-order valence-electron chi connectivity index (χ2n) is 6.57. The SMILES string of the molecule is C[C@@H](O)c1cccnc1N1CC(C)(C)OC(C)(C)C1. The van der Waals surface area contributed by atoms with Gasteiger partial charge in [-0.15, -0.1) is 0 Å². The highest BCUT2D eigenvalue weighted by atomic mass is 16.5. The van der Waals surface area contributed by atoms with Crippen LogP contribution in [-0.2, 0) is 4.74 Å². The summed E-state index contributed by atoms with van der Waals surface area (Å²) < 4.78 is 6.08. The average Bonchev–Trinajstić information content (AvgIpc) is 2.24. The number of aromatic nitrogens is 1. The molecule has 19 heavy (non-hydrogen) atoms. The van der Waals surface area contributed by atoms with Gasteiger partial charge in [-0.1, -0.05) is 6.07 Å². The lowest BCUT2D eigenvalue weighted by Gasteiger charge is -2.48. The van der Waals surface area contributed by atoms with Crippen molar-refractivity contribution in [1.82, 2.24) is 4.98 Å². The largest absolute Gasteiger partial charge is 0.389 e. The molecule has 106 valence electrons. The van der Waals surface area contributed by atoms with Crippen LogP contribution in [0.25, 0.3) is 0 Å². The third-order valence-electron chi connectivity index (χ3n) is 3.26. The lowest BCUT2D eigenvalue weighted by molar-refractivity contribution is -0.133. The zero-order valence-corrected chi connectivity index (χ0v) is 12.5. The van der Waals surface area contributed by atoms with E-state index in [1.54, 1.807) is 13.1 Å². The van der Waals surface area contributed by atoms with E-state index in [0.717, 1.165) is 24.5 Å². The van der Waals surface area contributed by atoms with Gasteiger partial charge in [0.05, 0.1) is 17.3 Å². The molecule has 1 aliphatic rings. The van der Waals surface area contributed by atoms with Crippen molar-refractivity contribution in [3.8, 4) is 0 Å². The van der Waals surface area contributed by atoms with Crippen molar-refractivity contribution in [3.63, 3.8) is 0 Å². The van der Waals surface area contributed by atoms with E-state index >= 15 is 0 Å². The highest BCUT2D eigenvalue weighted by molar-refractivity contribution is 5.49. The van der Waals surface area contributed by atoms with Crippen LogP contribution in [0.5, 0.6) is 0 Å². The molecule has 0 saturated carbocycles.